The molecule has 0 bridgehead atoms. The molecule has 1 amide bonds. The van der Waals surface area contributed by atoms with Crippen LogP contribution in [-0.4, -0.2) is 24.1 Å². The Morgan fingerprint density at radius 3 is 2.35 bits per heavy atom. The van der Waals surface area contributed by atoms with E-state index in [1.807, 2.05) is 44.2 Å². The van der Waals surface area contributed by atoms with Gasteiger partial charge in [-0.05, 0) is 67.6 Å². The lowest BCUT2D eigenvalue weighted by atomic mass is 9.89. The summed E-state index contributed by atoms with van der Waals surface area (Å²) in [5.41, 5.74) is 4.96. The lowest BCUT2D eigenvalue weighted by Crippen LogP contribution is -2.31. The van der Waals surface area contributed by atoms with Gasteiger partial charge in [0.1, 0.15) is 11.9 Å². The Kier molecular flexibility index (Phi) is 7.27. The minimum absolute atomic E-state index is 0.0224. The molecule has 7 heteroatoms. The number of rotatable bonds is 6. The Morgan fingerprint density at radius 2 is 1.70 bits per heavy atom. The Labute approximate surface area is 216 Å². The smallest absolute Gasteiger partial charge is 0.416 e. The van der Waals surface area contributed by atoms with Crippen molar-refractivity contribution in [1.29, 1.82) is 0 Å². The minimum Gasteiger partial charge on any atom is -0.496 e. The average molecular weight is 512 g/mol. The molecule has 2 atom stereocenters. The summed E-state index contributed by atoms with van der Waals surface area (Å²) in [6.45, 7) is 9.72. The topological polar surface area (TPSA) is 38.8 Å². The van der Waals surface area contributed by atoms with Crippen LogP contribution in [0.3, 0.4) is 0 Å². The number of alkyl halides is 3. The summed E-state index contributed by atoms with van der Waals surface area (Å²) in [6, 6.07) is 15.6. The minimum atomic E-state index is -4.46. The molecule has 1 aliphatic heterocycles. The van der Waals surface area contributed by atoms with E-state index >= 15 is 0 Å². The average Bonchev–Trinajstić information content (AvgIpc) is 3.11. The second kappa shape index (κ2) is 10.1. The highest BCUT2D eigenvalue weighted by Crippen LogP contribution is 2.42. The van der Waals surface area contributed by atoms with Gasteiger partial charge in [0, 0.05) is 17.7 Å². The van der Waals surface area contributed by atoms with Crippen molar-refractivity contribution in [2.45, 2.75) is 65.4 Å². The molecule has 0 radical (unpaired) electrons. The lowest BCUT2D eigenvalue weighted by molar-refractivity contribution is -0.137. The lowest BCUT2D eigenvalue weighted by Gasteiger charge is -2.24. The molecule has 1 fully saturated rings. The van der Waals surface area contributed by atoms with Gasteiger partial charge in [0.15, 0.2) is 0 Å². The second-order valence-electron chi connectivity index (χ2n) is 10.1. The molecule has 196 valence electrons. The standard InChI is InChI=1S/C30H32F3NO3/c1-17(2)22-8-10-27(36-6)25(15-22)24-9-7-18(3)13-26(24)28-20(5)34(29(35)37-28)16-21-11-19(4)12-23(14-21)30(31,32)33/h7-15,17,20,28H,16H2,1-6H3/t20-,28+/m0/s1. The maximum Gasteiger partial charge on any atom is 0.416 e. The Bertz CT molecular complexity index is 1320. The molecule has 3 aromatic rings. The zero-order valence-corrected chi connectivity index (χ0v) is 21.9. The maximum atomic E-state index is 13.4. The molecule has 0 aromatic heterocycles. The van der Waals surface area contributed by atoms with E-state index in [9.17, 15) is 18.0 Å². The molecule has 1 heterocycles. The van der Waals surface area contributed by atoms with E-state index in [1.165, 1.54) is 4.90 Å². The van der Waals surface area contributed by atoms with E-state index in [0.29, 0.717) is 22.8 Å². The SMILES string of the molecule is COc1ccc(C(C)C)cc1-c1ccc(C)cc1[C@@H]1OC(=O)N(Cc2cc(C)cc(C(F)(F)F)c2)[C@H]1C. The van der Waals surface area contributed by atoms with Gasteiger partial charge in [-0.3, -0.25) is 4.90 Å². The number of carbonyl (C=O) groups excluding carboxylic acids is 1. The number of nitrogens with zero attached hydrogens (tertiary/aromatic N) is 1. The number of halogens is 3. The second-order valence-corrected chi connectivity index (χ2v) is 10.1. The fourth-order valence-corrected chi connectivity index (χ4v) is 4.91. The van der Waals surface area contributed by atoms with Crippen molar-refractivity contribution in [2.75, 3.05) is 7.11 Å². The number of ether oxygens (including phenoxy) is 2. The van der Waals surface area contributed by atoms with Gasteiger partial charge in [-0.2, -0.15) is 13.2 Å². The largest absolute Gasteiger partial charge is 0.496 e. The van der Waals surface area contributed by atoms with E-state index in [0.717, 1.165) is 39.9 Å². The molecule has 0 saturated carbocycles. The van der Waals surface area contributed by atoms with Crippen molar-refractivity contribution in [3.8, 4) is 16.9 Å². The van der Waals surface area contributed by atoms with Crippen molar-refractivity contribution in [2.24, 2.45) is 0 Å². The van der Waals surface area contributed by atoms with Gasteiger partial charge < -0.3 is 9.47 Å². The summed E-state index contributed by atoms with van der Waals surface area (Å²) < 4.78 is 51.6. The normalized spacial score (nSPS) is 17.9. The van der Waals surface area contributed by atoms with E-state index in [1.54, 1.807) is 20.1 Å². The zero-order valence-electron chi connectivity index (χ0n) is 21.9. The summed E-state index contributed by atoms with van der Waals surface area (Å²) in [7, 11) is 1.62. The van der Waals surface area contributed by atoms with Crippen molar-refractivity contribution < 1.29 is 27.4 Å². The molecule has 0 unspecified atom stereocenters. The van der Waals surface area contributed by atoms with Crippen LogP contribution < -0.4 is 4.74 Å². The molecule has 4 nitrogen and oxygen atoms in total. The molecule has 3 aromatic carbocycles. The first-order valence-corrected chi connectivity index (χ1v) is 12.3. The first-order valence-electron chi connectivity index (χ1n) is 12.3. The van der Waals surface area contributed by atoms with Crippen LogP contribution in [0.2, 0.25) is 0 Å². The van der Waals surface area contributed by atoms with Crippen LogP contribution in [0.1, 0.15) is 66.2 Å². The van der Waals surface area contributed by atoms with Gasteiger partial charge in [0.2, 0.25) is 0 Å². The van der Waals surface area contributed by atoms with Crippen LogP contribution in [0, 0.1) is 13.8 Å². The van der Waals surface area contributed by atoms with Gasteiger partial charge in [-0.15, -0.1) is 0 Å². The summed E-state index contributed by atoms with van der Waals surface area (Å²) in [6.07, 6.45) is -5.61. The first kappa shape index (κ1) is 26.6. The predicted molar refractivity (Wildman–Crippen MR) is 138 cm³/mol. The molecule has 1 saturated heterocycles. The molecule has 4 rings (SSSR count). The zero-order chi connectivity index (χ0) is 27.1. The van der Waals surface area contributed by atoms with Gasteiger partial charge in [-0.1, -0.05) is 55.3 Å². The van der Waals surface area contributed by atoms with Crippen LogP contribution in [0.15, 0.2) is 54.6 Å². The van der Waals surface area contributed by atoms with Crippen LogP contribution in [0.5, 0.6) is 5.75 Å². The third kappa shape index (κ3) is 5.45. The predicted octanol–water partition coefficient (Wildman–Crippen LogP) is 8.20. The molecular formula is C30H32F3NO3. The van der Waals surface area contributed by atoms with Gasteiger partial charge >= 0.3 is 12.3 Å². The van der Waals surface area contributed by atoms with E-state index in [4.69, 9.17) is 9.47 Å². The van der Waals surface area contributed by atoms with Crippen LogP contribution in [0.4, 0.5) is 18.0 Å². The van der Waals surface area contributed by atoms with Gasteiger partial charge in [0.05, 0.1) is 18.7 Å². The van der Waals surface area contributed by atoms with E-state index in [2.05, 4.69) is 19.9 Å². The van der Waals surface area contributed by atoms with Crippen molar-refractivity contribution >= 4 is 6.09 Å². The van der Waals surface area contributed by atoms with Crippen LogP contribution in [0.25, 0.3) is 11.1 Å². The molecule has 1 aliphatic rings. The Balaban J connectivity index is 1.72. The molecule has 0 aliphatic carbocycles. The number of hydrogen-bond acceptors (Lipinski definition) is 3. The highest BCUT2D eigenvalue weighted by molar-refractivity contribution is 5.77. The van der Waals surface area contributed by atoms with E-state index < -0.39 is 30.0 Å². The summed E-state index contributed by atoms with van der Waals surface area (Å²) >= 11 is 0. The quantitative estimate of drug-likeness (QED) is 0.335. The van der Waals surface area contributed by atoms with Crippen molar-refractivity contribution in [1.82, 2.24) is 4.90 Å². The number of methoxy groups -OCH3 is 1. The third-order valence-corrected chi connectivity index (χ3v) is 6.90. The summed E-state index contributed by atoms with van der Waals surface area (Å²) in [5.74, 6) is 1.02. The Morgan fingerprint density at radius 1 is 0.973 bits per heavy atom. The molecule has 0 N–H and O–H groups in total. The first-order chi connectivity index (χ1) is 17.4. The summed E-state index contributed by atoms with van der Waals surface area (Å²) in [4.78, 5) is 14.5. The van der Waals surface area contributed by atoms with Crippen LogP contribution in [-0.2, 0) is 17.5 Å². The third-order valence-electron chi connectivity index (χ3n) is 6.90. The fraction of sp³-hybridized carbons (Fsp3) is 0.367. The monoisotopic (exact) mass is 511 g/mol. The maximum absolute atomic E-state index is 13.4. The Hall–Kier alpha value is -3.48. The van der Waals surface area contributed by atoms with E-state index in [-0.39, 0.29) is 6.54 Å². The van der Waals surface area contributed by atoms with Gasteiger partial charge in [0.25, 0.3) is 0 Å². The number of carbonyl (C=O) groups is 1. The highest BCUT2D eigenvalue weighted by atomic mass is 19.4. The number of cyclic esters (lactones) is 1. The number of benzene rings is 3. The number of amides is 1. The van der Waals surface area contributed by atoms with Crippen molar-refractivity contribution in [3.63, 3.8) is 0 Å². The number of hydrogen-bond donors (Lipinski definition) is 0. The summed E-state index contributed by atoms with van der Waals surface area (Å²) in [5, 5.41) is 0. The molecule has 0 spiro atoms. The highest BCUT2D eigenvalue weighted by Gasteiger charge is 2.41. The van der Waals surface area contributed by atoms with Crippen molar-refractivity contribution in [3.05, 3.63) is 88.0 Å². The van der Waals surface area contributed by atoms with Crippen LogP contribution >= 0.6 is 0 Å². The fourth-order valence-electron chi connectivity index (χ4n) is 4.91. The molecular weight excluding hydrogens is 479 g/mol. The van der Waals surface area contributed by atoms with Gasteiger partial charge in [-0.25, -0.2) is 4.79 Å². The number of aryl methyl sites for hydroxylation is 2. The molecule has 37 heavy (non-hydrogen) atoms.